The number of nitrogens with zero attached hydrogens (tertiary/aromatic N) is 2. The lowest BCUT2D eigenvalue weighted by atomic mass is 10.1. The number of pyridine rings is 1. The summed E-state index contributed by atoms with van der Waals surface area (Å²) < 4.78 is 16.5. The lowest BCUT2D eigenvalue weighted by Gasteiger charge is -2.15. The van der Waals surface area contributed by atoms with Crippen LogP contribution in [-0.4, -0.2) is 51.5 Å². The van der Waals surface area contributed by atoms with Gasteiger partial charge in [0.2, 0.25) is 0 Å². The van der Waals surface area contributed by atoms with Gasteiger partial charge in [0.25, 0.3) is 0 Å². The molecule has 0 spiro atoms. The van der Waals surface area contributed by atoms with Crippen LogP contribution < -0.4 is 20.1 Å². The molecular weight excluding hydrogens is 344 g/mol. The monoisotopic (exact) mass is 372 g/mol. The highest BCUT2D eigenvalue weighted by Gasteiger charge is 2.06. The Balaban J connectivity index is 1.79. The molecule has 0 saturated carbocycles. The highest BCUT2D eigenvalue weighted by atomic mass is 16.5. The smallest absolute Gasteiger partial charge is 0.191 e. The van der Waals surface area contributed by atoms with Crippen molar-refractivity contribution in [2.45, 2.75) is 13.5 Å². The van der Waals surface area contributed by atoms with Crippen LogP contribution >= 0.6 is 0 Å². The first-order valence-corrected chi connectivity index (χ1v) is 8.91. The molecule has 2 rings (SSSR count). The van der Waals surface area contributed by atoms with Crippen molar-refractivity contribution in [3.63, 3.8) is 0 Å². The summed E-state index contributed by atoms with van der Waals surface area (Å²) in [6.07, 6.45) is 3.41. The van der Waals surface area contributed by atoms with E-state index in [2.05, 4.69) is 32.7 Å². The number of guanidine groups is 1. The zero-order valence-corrected chi connectivity index (χ0v) is 16.2. The number of nitrogens with one attached hydrogen (secondary N) is 2. The lowest BCUT2D eigenvalue weighted by Crippen LogP contribution is -2.39. The summed E-state index contributed by atoms with van der Waals surface area (Å²) in [5.41, 5.74) is 2.22. The average Bonchev–Trinajstić information content (AvgIpc) is 2.69. The molecule has 0 amide bonds. The molecule has 2 N–H and O–H groups in total. The number of rotatable bonds is 10. The van der Waals surface area contributed by atoms with Gasteiger partial charge in [-0.1, -0.05) is 12.1 Å². The second-order valence-electron chi connectivity index (χ2n) is 5.84. The van der Waals surface area contributed by atoms with Crippen LogP contribution in [0.4, 0.5) is 0 Å². The summed E-state index contributed by atoms with van der Waals surface area (Å²) in [7, 11) is 3.40. The van der Waals surface area contributed by atoms with Crippen molar-refractivity contribution < 1.29 is 14.2 Å². The third kappa shape index (κ3) is 7.53. The molecule has 1 heterocycles. The third-order valence-electron chi connectivity index (χ3n) is 3.74. The van der Waals surface area contributed by atoms with Gasteiger partial charge in [-0.2, -0.15) is 0 Å². The Labute approximate surface area is 160 Å². The topological polar surface area (TPSA) is 77.0 Å². The van der Waals surface area contributed by atoms with E-state index in [4.69, 9.17) is 14.2 Å². The Morgan fingerprint density at radius 2 is 2.00 bits per heavy atom. The fourth-order valence-electron chi connectivity index (χ4n) is 2.35. The van der Waals surface area contributed by atoms with Crippen LogP contribution in [0.1, 0.15) is 11.1 Å². The predicted octanol–water partition coefficient (Wildman–Crippen LogP) is 2.16. The van der Waals surface area contributed by atoms with Crippen LogP contribution in [0, 0.1) is 6.92 Å². The minimum absolute atomic E-state index is 0.516. The third-order valence-corrected chi connectivity index (χ3v) is 3.74. The predicted molar refractivity (Wildman–Crippen MR) is 106 cm³/mol. The SMILES string of the molecule is CN=C(NCCOc1cccnc1)NCc1ccc(C)cc1OCCOC. The number of hydrogen-bond acceptors (Lipinski definition) is 5. The van der Waals surface area contributed by atoms with Gasteiger partial charge in [0.1, 0.15) is 24.7 Å². The lowest BCUT2D eigenvalue weighted by molar-refractivity contribution is 0.145. The molecule has 2 aromatic rings. The van der Waals surface area contributed by atoms with Crippen LogP contribution in [0.2, 0.25) is 0 Å². The number of aliphatic imine (C=N–C) groups is 1. The molecule has 0 aliphatic rings. The van der Waals surface area contributed by atoms with Gasteiger partial charge >= 0.3 is 0 Å². The van der Waals surface area contributed by atoms with E-state index >= 15 is 0 Å². The maximum Gasteiger partial charge on any atom is 0.191 e. The summed E-state index contributed by atoms with van der Waals surface area (Å²) >= 11 is 0. The molecule has 0 aliphatic carbocycles. The van der Waals surface area contributed by atoms with E-state index in [1.165, 1.54) is 0 Å². The van der Waals surface area contributed by atoms with Crippen molar-refractivity contribution in [2.24, 2.45) is 4.99 Å². The molecule has 0 radical (unpaired) electrons. The summed E-state index contributed by atoms with van der Waals surface area (Å²) in [4.78, 5) is 8.25. The van der Waals surface area contributed by atoms with Crippen molar-refractivity contribution in [1.29, 1.82) is 0 Å². The standard InChI is InChI=1S/C20H28N4O3/c1-16-6-7-17(19(13-16)27-12-11-25-3)14-24-20(21-2)23-9-10-26-18-5-4-8-22-15-18/h4-8,13,15H,9-12,14H2,1-3H3,(H2,21,23,24). The highest BCUT2D eigenvalue weighted by Crippen LogP contribution is 2.20. The fraction of sp³-hybridized carbons (Fsp3) is 0.400. The van der Waals surface area contributed by atoms with E-state index in [-0.39, 0.29) is 0 Å². The number of methoxy groups -OCH3 is 1. The number of aryl methyl sites for hydroxylation is 1. The Morgan fingerprint density at radius 1 is 1.11 bits per heavy atom. The summed E-state index contributed by atoms with van der Waals surface area (Å²) in [5, 5.41) is 6.52. The Hall–Kier alpha value is -2.80. The van der Waals surface area contributed by atoms with Crippen LogP contribution in [0.3, 0.4) is 0 Å². The highest BCUT2D eigenvalue weighted by molar-refractivity contribution is 5.79. The fourth-order valence-corrected chi connectivity index (χ4v) is 2.35. The minimum Gasteiger partial charge on any atom is -0.491 e. The van der Waals surface area contributed by atoms with E-state index in [0.29, 0.717) is 38.9 Å². The molecule has 0 unspecified atom stereocenters. The molecule has 1 aromatic heterocycles. The molecule has 146 valence electrons. The van der Waals surface area contributed by atoms with E-state index in [9.17, 15) is 0 Å². The zero-order valence-electron chi connectivity index (χ0n) is 16.2. The van der Waals surface area contributed by atoms with E-state index in [1.54, 1.807) is 26.6 Å². The molecule has 0 fully saturated rings. The largest absolute Gasteiger partial charge is 0.491 e. The van der Waals surface area contributed by atoms with Crippen molar-refractivity contribution >= 4 is 5.96 Å². The molecule has 7 heteroatoms. The van der Waals surface area contributed by atoms with Gasteiger partial charge in [0.05, 0.1) is 19.3 Å². The number of benzene rings is 1. The molecular formula is C20H28N4O3. The second-order valence-corrected chi connectivity index (χ2v) is 5.84. The van der Waals surface area contributed by atoms with Gasteiger partial charge in [-0.15, -0.1) is 0 Å². The summed E-state index contributed by atoms with van der Waals surface area (Å²) in [5.74, 6) is 2.31. The van der Waals surface area contributed by atoms with Gasteiger partial charge in [-0.05, 0) is 30.7 Å². The van der Waals surface area contributed by atoms with Gasteiger partial charge < -0.3 is 24.8 Å². The molecule has 0 aliphatic heterocycles. The van der Waals surface area contributed by atoms with Crippen molar-refractivity contribution in [3.8, 4) is 11.5 Å². The van der Waals surface area contributed by atoms with Crippen LogP contribution in [0.15, 0.2) is 47.7 Å². The number of ether oxygens (including phenoxy) is 3. The Morgan fingerprint density at radius 3 is 2.74 bits per heavy atom. The molecule has 0 atom stereocenters. The molecule has 0 bridgehead atoms. The van der Waals surface area contributed by atoms with Gasteiger partial charge in [-0.25, -0.2) is 0 Å². The average molecular weight is 372 g/mol. The summed E-state index contributed by atoms with van der Waals surface area (Å²) in [6.45, 7) is 4.86. The van der Waals surface area contributed by atoms with Crippen LogP contribution in [-0.2, 0) is 11.3 Å². The van der Waals surface area contributed by atoms with Crippen LogP contribution in [0.25, 0.3) is 0 Å². The molecule has 7 nitrogen and oxygen atoms in total. The second kappa shape index (κ2) is 11.7. The quantitative estimate of drug-likeness (QED) is 0.378. The van der Waals surface area contributed by atoms with E-state index < -0.39 is 0 Å². The molecule has 1 aromatic carbocycles. The minimum atomic E-state index is 0.516. The first-order valence-electron chi connectivity index (χ1n) is 8.91. The van der Waals surface area contributed by atoms with Crippen LogP contribution in [0.5, 0.6) is 11.5 Å². The van der Waals surface area contributed by atoms with Crippen molar-refractivity contribution in [2.75, 3.05) is 40.5 Å². The van der Waals surface area contributed by atoms with Gasteiger partial charge in [-0.3, -0.25) is 9.98 Å². The maximum absolute atomic E-state index is 5.82. The summed E-state index contributed by atoms with van der Waals surface area (Å²) in [6, 6.07) is 9.88. The number of aromatic nitrogens is 1. The van der Waals surface area contributed by atoms with Gasteiger partial charge in [0.15, 0.2) is 5.96 Å². The zero-order chi connectivity index (χ0) is 19.3. The molecule has 0 saturated heterocycles. The van der Waals surface area contributed by atoms with Gasteiger partial charge in [0, 0.05) is 32.5 Å². The van der Waals surface area contributed by atoms with Crippen molar-refractivity contribution in [3.05, 3.63) is 53.9 Å². The number of hydrogen-bond donors (Lipinski definition) is 2. The Bertz CT molecular complexity index is 708. The maximum atomic E-state index is 5.82. The molecule has 27 heavy (non-hydrogen) atoms. The Kier molecular flexibility index (Phi) is 8.92. The normalized spacial score (nSPS) is 11.1. The van der Waals surface area contributed by atoms with Crippen molar-refractivity contribution in [1.82, 2.24) is 15.6 Å². The van der Waals surface area contributed by atoms with E-state index in [0.717, 1.165) is 22.6 Å². The first kappa shape index (κ1) is 20.5. The first-order chi connectivity index (χ1) is 13.2. The van der Waals surface area contributed by atoms with E-state index in [1.807, 2.05) is 25.1 Å².